The molecule has 0 N–H and O–H groups in total. The molecule has 102 valence electrons. The van der Waals surface area contributed by atoms with Crippen molar-refractivity contribution in [2.45, 2.75) is 57.3 Å². The van der Waals surface area contributed by atoms with Crippen molar-refractivity contribution in [3.8, 4) is 0 Å². The number of hydrogen-bond acceptors (Lipinski definition) is 0. The Kier molecular flexibility index (Phi) is 8.39. The van der Waals surface area contributed by atoms with Gasteiger partial charge in [-0.25, -0.2) is 0 Å². The molecular weight excluding hydrogens is 285 g/mol. The third-order valence-corrected chi connectivity index (χ3v) is 3.08. The normalized spacial score (nSPS) is 22.0. The SMILES string of the molecule is FC(F)(F)CC[C-]1CCC(CCC(F)(F)F)C1.[K+]. The van der Waals surface area contributed by atoms with Crippen molar-refractivity contribution in [2.24, 2.45) is 5.92 Å². The molecule has 7 heteroatoms. The fourth-order valence-electron chi connectivity index (χ4n) is 2.18. The Morgan fingerprint density at radius 3 is 2.00 bits per heavy atom. The van der Waals surface area contributed by atoms with Gasteiger partial charge in [0.1, 0.15) is 0 Å². The van der Waals surface area contributed by atoms with Crippen LogP contribution in [0.2, 0.25) is 0 Å². The average Bonchev–Trinajstić information content (AvgIpc) is 2.57. The summed E-state index contributed by atoms with van der Waals surface area (Å²) in [6.07, 6.45) is -8.40. The molecule has 0 aromatic rings. The van der Waals surface area contributed by atoms with Crippen LogP contribution in [0, 0.1) is 11.8 Å². The monoisotopic (exact) mass is 300 g/mol. The van der Waals surface area contributed by atoms with Crippen molar-refractivity contribution in [2.75, 3.05) is 0 Å². The van der Waals surface area contributed by atoms with Gasteiger partial charge in [-0.1, -0.05) is 12.3 Å². The summed E-state index contributed by atoms with van der Waals surface area (Å²) < 4.78 is 71.7. The summed E-state index contributed by atoms with van der Waals surface area (Å²) in [6, 6.07) is 0. The first-order chi connectivity index (χ1) is 7.66. The summed E-state index contributed by atoms with van der Waals surface area (Å²) in [6.45, 7) is 0. The summed E-state index contributed by atoms with van der Waals surface area (Å²) in [5.74, 6) is 0.689. The molecule has 1 rings (SSSR count). The number of halogens is 6. The topological polar surface area (TPSA) is 0 Å². The minimum atomic E-state index is -4.17. The fraction of sp³-hybridized carbons (Fsp3) is 0.909. The van der Waals surface area contributed by atoms with E-state index in [1.807, 2.05) is 0 Å². The number of rotatable bonds is 4. The molecule has 18 heavy (non-hydrogen) atoms. The van der Waals surface area contributed by atoms with Gasteiger partial charge in [0.05, 0.1) is 0 Å². The molecule has 0 aliphatic heterocycles. The van der Waals surface area contributed by atoms with Gasteiger partial charge < -0.3 is 5.92 Å². The van der Waals surface area contributed by atoms with E-state index < -0.39 is 25.2 Å². The summed E-state index contributed by atoms with van der Waals surface area (Å²) >= 11 is 0. The second kappa shape index (κ2) is 7.86. The minimum absolute atomic E-state index is 0. The first-order valence-corrected chi connectivity index (χ1v) is 5.63. The molecule has 0 radical (unpaired) electrons. The Bertz CT molecular complexity index is 211. The van der Waals surface area contributed by atoms with E-state index in [1.54, 1.807) is 0 Å². The summed E-state index contributed by atoms with van der Waals surface area (Å²) in [5.41, 5.74) is 0. The maximum atomic E-state index is 12.0. The van der Waals surface area contributed by atoms with E-state index in [9.17, 15) is 26.3 Å². The van der Waals surface area contributed by atoms with Crippen LogP contribution in [0.4, 0.5) is 26.3 Å². The Morgan fingerprint density at radius 2 is 1.50 bits per heavy atom. The molecule has 0 aromatic heterocycles. The van der Waals surface area contributed by atoms with E-state index in [4.69, 9.17) is 0 Å². The van der Waals surface area contributed by atoms with Crippen LogP contribution in [-0.2, 0) is 0 Å². The first kappa shape index (κ1) is 19.2. The van der Waals surface area contributed by atoms with Crippen LogP contribution in [0.15, 0.2) is 0 Å². The molecule has 1 fully saturated rings. The van der Waals surface area contributed by atoms with Crippen LogP contribution in [-0.4, -0.2) is 12.4 Å². The molecule has 1 unspecified atom stereocenters. The van der Waals surface area contributed by atoms with Gasteiger partial charge in [0.2, 0.25) is 0 Å². The fourth-order valence-corrected chi connectivity index (χ4v) is 2.18. The van der Waals surface area contributed by atoms with Gasteiger partial charge in [-0.3, -0.25) is 0 Å². The van der Waals surface area contributed by atoms with Gasteiger partial charge in [0.25, 0.3) is 0 Å². The van der Waals surface area contributed by atoms with Crippen LogP contribution in [0.1, 0.15) is 44.9 Å². The maximum Gasteiger partial charge on any atom is 1.00 e. The van der Waals surface area contributed by atoms with Crippen molar-refractivity contribution in [1.29, 1.82) is 0 Å². The molecule has 0 bridgehead atoms. The molecule has 0 nitrogen and oxygen atoms in total. The predicted molar refractivity (Wildman–Crippen MR) is 51.2 cm³/mol. The molecule has 0 aromatic carbocycles. The first-order valence-electron chi connectivity index (χ1n) is 5.63. The molecule has 0 amide bonds. The van der Waals surface area contributed by atoms with Gasteiger partial charge in [-0.05, 0) is 6.42 Å². The standard InChI is InChI=1S/C11H15F6.K/c12-10(13,14)5-3-8-1-2-9(7-8)4-6-11(15,16)17;/h8H,1-7H2;/q-1;+1. The van der Waals surface area contributed by atoms with Gasteiger partial charge in [-0.2, -0.15) is 45.6 Å². The van der Waals surface area contributed by atoms with E-state index in [2.05, 4.69) is 0 Å². The molecule has 0 saturated heterocycles. The predicted octanol–water partition coefficient (Wildman–Crippen LogP) is 2.05. The van der Waals surface area contributed by atoms with Crippen molar-refractivity contribution in [1.82, 2.24) is 0 Å². The van der Waals surface area contributed by atoms with E-state index in [1.165, 1.54) is 0 Å². The van der Waals surface area contributed by atoms with E-state index in [-0.39, 0.29) is 70.1 Å². The van der Waals surface area contributed by atoms with Gasteiger partial charge in [0.15, 0.2) is 0 Å². The Labute approximate surface area is 145 Å². The zero-order chi connectivity index (χ0) is 13.1. The van der Waals surface area contributed by atoms with Gasteiger partial charge >= 0.3 is 63.7 Å². The van der Waals surface area contributed by atoms with E-state index >= 15 is 0 Å². The third-order valence-electron chi connectivity index (χ3n) is 3.08. The largest absolute Gasteiger partial charge is 1.00 e. The van der Waals surface area contributed by atoms with Crippen molar-refractivity contribution in [3.05, 3.63) is 5.92 Å². The van der Waals surface area contributed by atoms with Crippen molar-refractivity contribution in [3.63, 3.8) is 0 Å². The van der Waals surface area contributed by atoms with Crippen molar-refractivity contribution >= 4 is 0 Å². The Morgan fingerprint density at radius 1 is 0.944 bits per heavy atom. The zero-order valence-corrected chi connectivity index (χ0v) is 13.4. The third kappa shape index (κ3) is 9.17. The van der Waals surface area contributed by atoms with Crippen LogP contribution in [0.3, 0.4) is 0 Å². The molecule has 0 spiro atoms. The molecular formula is C11H15F6K. The number of hydrogen-bond donors (Lipinski definition) is 0. The second-order valence-electron chi connectivity index (χ2n) is 4.63. The zero-order valence-electron chi connectivity index (χ0n) is 10.3. The molecule has 1 aliphatic rings. The minimum Gasteiger partial charge on any atom is -0.313 e. The molecule has 1 atom stereocenters. The Hall–Kier alpha value is 1.22. The summed E-state index contributed by atoms with van der Waals surface area (Å²) in [5, 5.41) is 0. The quantitative estimate of drug-likeness (QED) is 0.423. The smallest absolute Gasteiger partial charge is 0.313 e. The van der Waals surface area contributed by atoms with Crippen LogP contribution >= 0.6 is 0 Å². The number of alkyl halides is 6. The van der Waals surface area contributed by atoms with Crippen LogP contribution in [0.5, 0.6) is 0 Å². The molecule has 0 heterocycles. The summed E-state index contributed by atoms with van der Waals surface area (Å²) in [4.78, 5) is 0. The second-order valence-corrected chi connectivity index (χ2v) is 4.63. The van der Waals surface area contributed by atoms with Gasteiger partial charge in [-0.15, -0.1) is 0 Å². The van der Waals surface area contributed by atoms with Gasteiger partial charge in [0, 0.05) is 12.8 Å². The van der Waals surface area contributed by atoms with E-state index in [0.29, 0.717) is 19.3 Å². The molecule has 1 aliphatic carbocycles. The maximum absolute atomic E-state index is 12.0. The van der Waals surface area contributed by atoms with Crippen molar-refractivity contribution < 1.29 is 77.7 Å². The van der Waals surface area contributed by atoms with E-state index in [0.717, 1.165) is 5.92 Å². The van der Waals surface area contributed by atoms with Crippen LogP contribution in [0.25, 0.3) is 0 Å². The molecule has 1 saturated carbocycles. The van der Waals surface area contributed by atoms with Crippen LogP contribution < -0.4 is 51.4 Å². The Balaban J connectivity index is 0.00000289. The summed E-state index contributed by atoms with van der Waals surface area (Å²) in [7, 11) is 0. The average molecular weight is 300 g/mol.